The predicted molar refractivity (Wildman–Crippen MR) is 76.3 cm³/mol. The molecule has 2 rings (SSSR count). The number of rotatable bonds is 3. The highest BCUT2D eigenvalue weighted by molar-refractivity contribution is 5.29. The van der Waals surface area contributed by atoms with Crippen molar-refractivity contribution in [2.24, 2.45) is 11.3 Å². The zero-order valence-corrected chi connectivity index (χ0v) is 12.2. The van der Waals surface area contributed by atoms with Crippen LogP contribution in [0.3, 0.4) is 0 Å². The summed E-state index contributed by atoms with van der Waals surface area (Å²) in [4.78, 5) is 0. The van der Waals surface area contributed by atoms with E-state index in [9.17, 15) is 14.8 Å². The number of halogens is 1. The van der Waals surface area contributed by atoms with Gasteiger partial charge in [0.1, 0.15) is 11.4 Å². The molecule has 0 radical (unpaired) electrons. The quantitative estimate of drug-likeness (QED) is 0.900. The van der Waals surface area contributed by atoms with Crippen LogP contribution in [0.25, 0.3) is 0 Å². The van der Waals surface area contributed by atoms with Crippen LogP contribution in [0.4, 0.5) is 4.39 Å². The zero-order chi connectivity index (χ0) is 14.8. The molecule has 1 atom stereocenters. The van der Waals surface area contributed by atoms with Crippen LogP contribution in [0.15, 0.2) is 24.3 Å². The van der Waals surface area contributed by atoms with Crippen molar-refractivity contribution in [3.63, 3.8) is 0 Å². The molecule has 1 aromatic rings. The average molecular weight is 275 g/mol. The maximum atomic E-state index is 13.4. The van der Waals surface area contributed by atoms with Crippen molar-refractivity contribution < 1.29 is 9.50 Å². The monoisotopic (exact) mass is 275 g/mol. The van der Waals surface area contributed by atoms with E-state index in [1.165, 1.54) is 12.1 Å². The first-order valence-corrected chi connectivity index (χ1v) is 7.35. The fourth-order valence-corrected chi connectivity index (χ4v) is 3.35. The van der Waals surface area contributed by atoms with E-state index in [0.717, 1.165) is 19.3 Å². The van der Waals surface area contributed by atoms with Crippen molar-refractivity contribution in [3.05, 3.63) is 35.6 Å². The van der Waals surface area contributed by atoms with Crippen LogP contribution in [0.2, 0.25) is 0 Å². The lowest BCUT2D eigenvalue weighted by molar-refractivity contribution is -0.0699. The summed E-state index contributed by atoms with van der Waals surface area (Å²) in [6.45, 7) is 3.81. The van der Waals surface area contributed by atoms with Gasteiger partial charge in [-0.3, -0.25) is 0 Å². The van der Waals surface area contributed by atoms with Crippen molar-refractivity contribution in [3.8, 4) is 6.07 Å². The Balaban J connectivity index is 2.33. The van der Waals surface area contributed by atoms with Crippen molar-refractivity contribution in [2.75, 3.05) is 0 Å². The fraction of sp³-hybridized carbons (Fsp3) is 0.588. The zero-order valence-electron chi connectivity index (χ0n) is 12.2. The SMILES string of the molecule is CCC1CCC(C#N)(C(C)(O)c2cccc(F)c2)CC1. The van der Waals surface area contributed by atoms with Crippen LogP contribution >= 0.6 is 0 Å². The first-order valence-electron chi connectivity index (χ1n) is 7.35. The third-order valence-electron chi connectivity index (χ3n) is 5.07. The lowest BCUT2D eigenvalue weighted by Crippen LogP contribution is -2.45. The maximum Gasteiger partial charge on any atom is 0.123 e. The van der Waals surface area contributed by atoms with E-state index in [0.29, 0.717) is 24.3 Å². The molecule has 0 bridgehead atoms. The Hall–Kier alpha value is -1.40. The highest BCUT2D eigenvalue weighted by Crippen LogP contribution is 2.51. The lowest BCUT2D eigenvalue weighted by atomic mass is 9.60. The van der Waals surface area contributed by atoms with Gasteiger partial charge in [-0.25, -0.2) is 4.39 Å². The molecule has 1 fully saturated rings. The van der Waals surface area contributed by atoms with Crippen molar-refractivity contribution >= 4 is 0 Å². The summed E-state index contributed by atoms with van der Waals surface area (Å²) in [5, 5.41) is 20.6. The van der Waals surface area contributed by atoms with Crippen LogP contribution in [-0.2, 0) is 5.60 Å². The van der Waals surface area contributed by atoms with Gasteiger partial charge in [0.2, 0.25) is 0 Å². The van der Waals surface area contributed by atoms with Gasteiger partial charge in [0.05, 0.1) is 11.5 Å². The molecule has 3 heteroatoms. The molecular weight excluding hydrogens is 253 g/mol. The highest BCUT2D eigenvalue weighted by atomic mass is 19.1. The molecule has 0 spiro atoms. The number of nitrogens with zero attached hydrogens (tertiary/aromatic N) is 1. The molecule has 108 valence electrons. The fourth-order valence-electron chi connectivity index (χ4n) is 3.35. The molecule has 1 aliphatic carbocycles. The third kappa shape index (κ3) is 2.45. The van der Waals surface area contributed by atoms with Crippen LogP contribution in [0.5, 0.6) is 0 Å². The summed E-state index contributed by atoms with van der Waals surface area (Å²) >= 11 is 0. The van der Waals surface area contributed by atoms with Gasteiger partial charge in [-0.15, -0.1) is 0 Å². The molecule has 2 nitrogen and oxygen atoms in total. The van der Waals surface area contributed by atoms with Crippen molar-refractivity contribution in [2.45, 2.75) is 51.6 Å². The smallest absolute Gasteiger partial charge is 0.123 e. The average Bonchev–Trinajstić information content (AvgIpc) is 2.47. The van der Waals surface area contributed by atoms with E-state index >= 15 is 0 Å². The molecule has 0 heterocycles. The predicted octanol–water partition coefficient (Wildman–Crippen LogP) is 4.14. The molecule has 0 saturated heterocycles. The minimum atomic E-state index is -1.32. The number of benzene rings is 1. The molecule has 0 aliphatic heterocycles. The Bertz CT molecular complexity index is 510. The summed E-state index contributed by atoms with van der Waals surface area (Å²) in [6, 6.07) is 8.33. The second kappa shape index (κ2) is 5.54. The third-order valence-corrected chi connectivity index (χ3v) is 5.07. The minimum Gasteiger partial charge on any atom is -0.384 e. The normalized spacial score (nSPS) is 29.4. The van der Waals surface area contributed by atoms with Gasteiger partial charge < -0.3 is 5.11 Å². The Morgan fingerprint density at radius 3 is 2.60 bits per heavy atom. The van der Waals surface area contributed by atoms with Crippen molar-refractivity contribution in [1.82, 2.24) is 0 Å². The van der Waals surface area contributed by atoms with Crippen LogP contribution in [0, 0.1) is 28.5 Å². The molecule has 0 amide bonds. The lowest BCUT2D eigenvalue weighted by Gasteiger charge is -2.45. The van der Waals surface area contributed by atoms with Gasteiger partial charge in [-0.05, 0) is 56.2 Å². The van der Waals surface area contributed by atoms with Crippen LogP contribution in [0.1, 0.15) is 51.5 Å². The standard InChI is InChI=1S/C17H22FNO/c1-3-13-7-9-17(12-19,10-8-13)16(2,20)14-5-4-6-15(18)11-14/h4-6,11,13,20H,3,7-10H2,1-2H3. The number of hydrogen-bond donors (Lipinski definition) is 1. The van der Waals surface area contributed by atoms with Crippen LogP contribution < -0.4 is 0 Å². The first kappa shape index (κ1) is 15.0. The summed E-state index contributed by atoms with van der Waals surface area (Å²) < 4.78 is 13.4. The number of nitriles is 1. The van der Waals surface area contributed by atoms with Gasteiger partial charge in [0.15, 0.2) is 0 Å². The molecule has 1 aliphatic rings. The summed E-state index contributed by atoms with van der Waals surface area (Å²) in [5.41, 5.74) is -1.64. The van der Waals surface area contributed by atoms with Gasteiger partial charge in [0.25, 0.3) is 0 Å². The molecule has 1 unspecified atom stereocenters. The molecule has 20 heavy (non-hydrogen) atoms. The van der Waals surface area contributed by atoms with E-state index in [4.69, 9.17) is 0 Å². The molecule has 0 aromatic heterocycles. The Labute approximate surface area is 120 Å². The van der Waals surface area contributed by atoms with Gasteiger partial charge in [-0.2, -0.15) is 5.26 Å². The van der Waals surface area contributed by atoms with E-state index in [2.05, 4.69) is 13.0 Å². The summed E-state index contributed by atoms with van der Waals surface area (Å²) in [7, 11) is 0. The molecule has 1 saturated carbocycles. The highest BCUT2D eigenvalue weighted by Gasteiger charge is 2.50. The Morgan fingerprint density at radius 1 is 1.45 bits per heavy atom. The van der Waals surface area contributed by atoms with E-state index in [-0.39, 0.29) is 5.82 Å². The van der Waals surface area contributed by atoms with E-state index in [1.807, 2.05) is 0 Å². The first-order chi connectivity index (χ1) is 9.45. The van der Waals surface area contributed by atoms with Gasteiger partial charge in [-0.1, -0.05) is 25.5 Å². The second-order valence-corrected chi connectivity index (χ2v) is 6.13. The summed E-state index contributed by atoms with van der Waals surface area (Å²) in [6.07, 6.45) is 4.37. The number of aliphatic hydroxyl groups is 1. The Morgan fingerprint density at radius 2 is 2.10 bits per heavy atom. The van der Waals surface area contributed by atoms with E-state index < -0.39 is 11.0 Å². The topological polar surface area (TPSA) is 44.0 Å². The van der Waals surface area contributed by atoms with Gasteiger partial charge >= 0.3 is 0 Å². The summed E-state index contributed by atoms with van der Waals surface area (Å²) in [5.74, 6) is 0.262. The molecule has 1 aromatic carbocycles. The largest absolute Gasteiger partial charge is 0.384 e. The van der Waals surface area contributed by atoms with E-state index in [1.54, 1.807) is 19.1 Å². The van der Waals surface area contributed by atoms with Crippen molar-refractivity contribution in [1.29, 1.82) is 5.26 Å². The minimum absolute atomic E-state index is 0.377. The second-order valence-electron chi connectivity index (χ2n) is 6.13. The molecule has 1 N–H and O–H groups in total. The number of hydrogen-bond acceptors (Lipinski definition) is 2. The maximum absolute atomic E-state index is 13.4. The Kier molecular flexibility index (Phi) is 4.15. The van der Waals surface area contributed by atoms with Crippen LogP contribution in [-0.4, -0.2) is 5.11 Å². The van der Waals surface area contributed by atoms with Gasteiger partial charge in [0, 0.05) is 0 Å². The molecular formula is C17H22FNO.